The molecule has 0 aromatic heterocycles. The molecule has 0 spiro atoms. The van der Waals surface area contributed by atoms with Crippen LogP contribution in [0.4, 0.5) is 22.4 Å². The molecule has 2 saturated carbocycles. The predicted octanol–water partition coefficient (Wildman–Crippen LogP) is 3.18. The van der Waals surface area contributed by atoms with Crippen LogP contribution in [0.3, 0.4) is 0 Å². The van der Waals surface area contributed by atoms with Gasteiger partial charge in [0.25, 0.3) is 11.8 Å². The summed E-state index contributed by atoms with van der Waals surface area (Å²) in [5.74, 6) is -7.49. The van der Waals surface area contributed by atoms with Crippen LogP contribution in [-0.4, -0.2) is 30.6 Å². The molecule has 3 aliphatic rings. The quantitative estimate of drug-likeness (QED) is 0.596. The smallest absolute Gasteiger partial charge is 0.408 e. The Morgan fingerprint density at radius 3 is 2.56 bits per heavy atom. The van der Waals surface area contributed by atoms with Crippen LogP contribution in [0.1, 0.15) is 24.4 Å². The number of amides is 2. The SMILES string of the molecule is O=C1NC[C@@H](C(=O)NC(c2ccc(F)c(Cl)c2F)[C@H]2CC3[C@@H](C2)C3(F)F)O1. The Hall–Kier alpha value is -2.03. The third-order valence-electron chi connectivity index (χ3n) is 5.62. The summed E-state index contributed by atoms with van der Waals surface area (Å²) in [7, 11) is 0. The van der Waals surface area contributed by atoms with Gasteiger partial charge in [0.15, 0.2) is 6.10 Å². The van der Waals surface area contributed by atoms with Gasteiger partial charge in [-0.2, -0.15) is 0 Å². The highest BCUT2D eigenvalue weighted by molar-refractivity contribution is 6.31. The molecular formula is C17H15ClF4N2O3. The van der Waals surface area contributed by atoms with Crippen LogP contribution in [-0.2, 0) is 9.53 Å². The fraction of sp³-hybridized carbons (Fsp3) is 0.529. The monoisotopic (exact) mass is 406 g/mol. The number of carbonyl (C=O) groups is 2. The molecule has 3 fully saturated rings. The van der Waals surface area contributed by atoms with Gasteiger partial charge >= 0.3 is 6.09 Å². The minimum Gasteiger partial charge on any atom is -0.434 e. The van der Waals surface area contributed by atoms with E-state index < -0.39 is 64.5 Å². The van der Waals surface area contributed by atoms with Gasteiger partial charge in [-0.3, -0.25) is 4.79 Å². The van der Waals surface area contributed by atoms with Gasteiger partial charge in [0.2, 0.25) is 0 Å². The second-order valence-corrected chi connectivity index (χ2v) is 7.52. The van der Waals surface area contributed by atoms with Gasteiger partial charge in [-0.1, -0.05) is 17.7 Å². The molecule has 1 aliphatic heterocycles. The van der Waals surface area contributed by atoms with E-state index >= 15 is 0 Å². The van der Waals surface area contributed by atoms with Gasteiger partial charge in [-0.05, 0) is 24.8 Å². The van der Waals surface area contributed by atoms with E-state index in [-0.39, 0.29) is 24.9 Å². The highest BCUT2D eigenvalue weighted by Crippen LogP contribution is 2.67. The molecule has 10 heteroatoms. The van der Waals surface area contributed by atoms with Gasteiger partial charge in [0.1, 0.15) is 16.7 Å². The minimum atomic E-state index is -2.73. The first kappa shape index (κ1) is 18.3. The van der Waals surface area contributed by atoms with Gasteiger partial charge < -0.3 is 15.4 Å². The van der Waals surface area contributed by atoms with Crippen molar-refractivity contribution >= 4 is 23.6 Å². The number of fused-ring (bicyclic) bond motifs is 1. The van der Waals surface area contributed by atoms with Gasteiger partial charge in [-0.25, -0.2) is 22.4 Å². The van der Waals surface area contributed by atoms with E-state index in [1.807, 2.05) is 0 Å². The maximum Gasteiger partial charge on any atom is 0.408 e. The number of benzene rings is 1. The molecule has 0 radical (unpaired) electrons. The standard InChI is InChI=1S/C17H15ClF4N2O3/c18-12-10(19)2-1-7(13(12)20)14(6-3-8-9(4-6)17(8,21)22)24-15(25)11-5-23-16(26)27-11/h1-2,6,8-9,11,14H,3-5H2,(H,23,26)(H,24,25)/t6-,8-,9?,11+,14?/m1/s1. The number of rotatable bonds is 4. The van der Waals surface area contributed by atoms with E-state index in [1.54, 1.807) is 0 Å². The van der Waals surface area contributed by atoms with E-state index in [0.29, 0.717) is 0 Å². The van der Waals surface area contributed by atoms with Crippen molar-refractivity contribution in [3.8, 4) is 0 Å². The third kappa shape index (κ3) is 3.01. The van der Waals surface area contributed by atoms with Crippen LogP contribution in [0.5, 0.6) is 0 Å². The molecule has 146 valence electrons. The Labute approximate surface area is 156 Å². The molecule has 1 saturated heterocycles. The lowest BCUT2D eigenvalue weighted by atomic mass is 9.88. The van der Waals surface area contributed by atoms with Crippen molar-refractivity contribution in [3.63, 3.8) is 0 Å². The topological polar surface area (TPSA) is 67.4 Å². The molecule has 1 aromatic rings. The molecule has 1 aromatic carbocycles. The summed E-state index contributed by atoms with van der Waals surface area (Å²) in [6.07, 6.45) is -1.68. The number of alkyl carbamates (subject to hydrolysis) is 1. The van der Waals surface area contributed by atoms with Crippen molar-refractivity contribution in [1.29, 1.82) is 0 Å². The van der Waals surface area contributed by atoms with E-state index in [9.17, 15) is 27.2 Å². The Balaban J connectivity index is 1.59. The predicted molar refractivity (Wildman–Crippen MR) is 85.2 cm³/mol. The normalized spacial score (nSPS) is 31.7. The van der Waals surface area contributed by atoms with Gasteiger partial charge in [-0.15, -0.1) is 0 Å². The maximum absolute atomic E-state index is 14.5. The summed E-state index contributed by atoms with van der Waals surface area (Å²) in [5, 5.41) is 4.16. The van der Waals surface area contributed by atoms with Crippen LogP contribution in [0, 0.1) is 29.4 Å². The zero-order chi connectivity index (χ0) is 19.5. The molecule has 5 atom stereocenters. The summed E-state index contributed by atoms with van der Waals surface area (Å²) in [6, 6.07) is 1.11. The molecule has 4 rings (SSSR count). The summed E-state index contributed by atoms with van der Waals surface area (Å²) < 4.78 is 59.9. The third-order valence-corrected chi connectivity index (χ3v) is 5.97. The summed E-state index contributed by atoms with van der Waals surface area (Å²) in [4.78, 5) is 23.5. The summed E-state index contributed by atoms with van der Waals surface area (Å²) >= 11 is 5.64. The van der Waals surface area contributed by atoms with Crippen molar-refractivity contribution in [3.05, 3.63) is 34.4 Å². The zero-order valence-electron chi connectivity index (χ0n) is 13.8. The van der Waals surface area contributed by atoms with Crippen molar-refractivity contribution in [2.75, 3.05) is 6.54 Å². The molecule has 2 amide bonds. The number of carbonyl (C=O) groups excluding carboxylic acids is 2. The first-order valence-corrected chi connectivity index (χ1v) is 8.84. The molecule has 2 aliphatic carbocycles. The van der Waals surface area contributed by atoms with E-state index in [1.165, 1.54) is 0 Å². The van der Waals surface area contributed by atoms with Crippen molar-refractivity contribution in [2.24, 2.45) is 17.8 Å². The Kier molecular flexibility index (Phi) is 4.25. The number of halogens is 5. The first-order valence-electron chi connectivity index (χ1n) is 8.46. The van der Waals surface area contributed by atoms with Crippen LogP contribution in [0.2, 0.25) is 5.02 Å². The average Bonchev–Trinajstić information content (AvgIpc) is 3.05. The lowest BCUT2D eigenvalue weighted by Crippen LogP contribution is -2.42. The zero-order valence-corrected chi connectivity index (χ0v) is 14.5. The Morgan fingerprint density at radius 2 is 1.96 bits per heavy atom. The molecular weight excluding hydrogens is 392 g/mol. The van der Waals surface area contributed by atoms with E-state index in [4.69, 9.17) is 16.3 Å². The highest BCUT2D eigenvalue weighted by Gasteiger charge is 2.72. The summed E-state index contributed by atoms with van der Waals surface area (Å²) in [5.41, 5.74) is -0.0818. The van der Waals surface area contributed by atoms with Gasteiger partial charge in [0.05, 0.1) is 12.6 Å². The van der Waals surface area contributed by atoms with Crippen LogP contribution < -0.4 is 10.6 Å². The number of nitrogens with one attached hydrogen (secondary N) is 2. The molecule has 2 unspecified atom stereocenters. The minimum absolute atomic E-state index is 0.0575. The largest absolute Gasteiger partial charge is 0.434 e. The van der Waals surface area contributed by atoms with Crippen molar-refractivity contribution in [2.45, 2.75) is 30.9 Å². The van der Waals surface area contributed by atoms with Crippen LogP contribution >= 0.6 is 11.6 Å². The fourth-order valence-electron chi connectivity index (χ4n) is 4.14. The number of alkyl halides is 2. The Bertz CT molecular complexity index is 808. The second-order valence-electron chi connectivity index (χ2n) is 7.14. The number of hydrogen-bond donors (Lipinski definition) is 2. The number of cyclic esters (lactones) is 1. The highest BCUT2D eigenvalue weighted by atomic mass is 35.5. The maximum atomic E-state index is 14.5. The molecule has 5 nitrogen and oxygen atoms in total. The molecule has 0 bridgehead atoms. The molecule has 2 N–H and O–H groups in total. The van der Waals surface area contributed by atoms with Crippen LogP contribution in [0.15, 0.2) is 12.1 Å². The lowest BCUT2D eigenvalue weighted by molar-refractivity contribution is -0.129. The molecule has 1 heterocycles. The first-order chi connectivity index (χ1) is 12.7. The van der Waals surface area contributed by atoms with E-state index in [0.717, 1.165) is 12.1 Å². The average molecular weight is 407 g/mol. The Morgan fingerprint density at radius 1 is 1.30 bits per heavy atom. The lowest BCUT2D eigenvalue weighted by Gasteiger charge is -2.28. The van der Waals surface area contributed by atoms with Crippen LogP contribution in [0.25, 0.3) is 0 Å². The number of ether oxygens (including phenoxy) is 1. The fourth-order valence-corrected chi connectivity index (χ4v) is 4.31. The van der Waals surface area contributed by atoms with Crippen molar-refractivity contribution in [1.82, 2.24) is 10.6 Å². The number of hydrogen-bond acceptors (Lipinski definition) is 3. The molecule has 27 heavy (non-hydrogen) atoms. The van der Waals surface area contributed by atoms with Gasteiger partial charge in [0, 0.05) is 17.4 Å². The van der Waals surface area contributed by atoms with E-state index in [2.05, 4.69) is 10.6 Å². The van der Waals surface area contributed by atoms with Crippen molar-refractivity contribution < 1.29 is 31.9 Å². The summed E-state index contributed by atoms with van der Waals surface area (Å²) in [6.45, 7) is -0.0575. The second kappa shape index (κ2) is 6.25.